The Labute approximate surface area is 164 Å². The van der Waals surface area contributed by atoms with E-state index in [0.717, 1.165) is 47.7 Å². The summed E-state index contributed by atoms with van der Waals surface area (Å²) in [7, 11) is 1.86. The Bertz CT molecular complexity index is 740. The van der Waals surface area contributed by atoms with Gasteiger partial charge in [-0.25, -0.2) is 0 Å². The molecule has 1 aromatic carbocycles. The smallest absolute Gasteiger partial charge is 0.253 e. The maximum absolute atomic E-state index is 12.8. The molecule has 0 radical (unpaired) electrons. The molecule has 0 heterocycles. The molecule has 4 nitrogen and oxygen atoms in total. The van der Waals surface area contributed by atoms with Crippen molar-refractivity contribution in [2.45, 2.75) is 58.0 Å². The van der Waals surface area contributed by atoms with Gasteiger partial charge in [0.05, 0.1) is 5.41 Å². The Morgan fingerprint density at radius 2 is 2.08 bits per heavy atom. The van der Waals surface area contributed by atoms with Crippen molar-refractivity contribution >= 4 is 27.7 Å². The lowest BCUT2D eigenvalue weighted by Gasteiger charge is -2.42. The number of carbonyl (C=O) groups is 2. The molecule has 1 atom stereocenters. The van der Waals surface area contributed by atoms with Crippen molar-refractivity contribution in [2.24, 2.45) is 5.41 Å². The number of rotatable bonds is 5. The highest BCUT2D eigenvalue weighted by Gasteiger charge is 2.39. The van der Waals surface area contributed by atoms with Gasteiger partial charge in [-0.2, -0.15) is 0 Å². The maximum atomic E-state index is 12.8. The summed E-state index contributed by atoms with van der Waals surface area (Å²) in [6.07, 6.45) is 8.50. The average Bonchev–Trinajstić information content (AvgIpc) is 3.04. The Balaban J connectivity index is 1.54. The highest BCUT2D eigenvalue weighted by atomic mass is 79.9. The average molecular weight is 419 g/mol. The zero-order chi connectivity index (χ0) is 18.9. The zero-order valence-electron chi connectivity index (χ0n) is 15.7. The van der Waals surface area contributed by atoms with Gasteiger partial charge < -0.3 is 10.2 Å². The highest BCUT2D eigenvalue weighted by molar-refractivity contribution is 9.10. The first-order valence-corrected chi connectivity index (χ1v) is 10.2. The summed E-state index contributed by atoms with van der Waals surface area (Å²) in [6, 6.07) is 6.14. The normalized spacial score (nSPS) is 27.1. The SMILES string of the molecule is CCc1cc(C(=O)N(C)C2CC(NC(=O)C3(C)C=CCC3)C2)ccc1Br. The quantitative estimate of drug-likeness (QED) is 0.731. The van der Waals surface area contributed by atoms with Crippen molar-refractivity contribution in [2.75, 3.05) is 7.05 Å². The highest BCUT2D eigenvalue weighted by Crippen LogP contribution is 2.33. The summed E-state index contributed by atoms with van der Waals surface area (Å²) in [6.45, 7) is 4.08. The molecule has 0 spiro atoms. The fourth-order valence-electron chi connectivity index (χ4n) is 3.72. The van der Waals surface area contributed by atoms with Gasteiger partial charge in [-0.3, -0.25) is 9.59 Å². The Kier molecular flexibility index (Phi) is 5.56. The first-order valence-electron chi connectivity index (χ1n) is 9.38. The Morgan fingerprint density at radius 1 is 1.35 bits per heavy atom. The Morgan fingerprint density at radius 3 is 2.69 bits per heavy atom. The maximum Gasteiger partial charge on any atom is 0.253 e. The summed E-state index contributed by atoms with van der Waals surface area (Å²) in [5, 5.41) is 3.15. The van der Waals surface area contributed by atoms with Crippen LogP contribution >= 0.6 is 15.9 Å². The number of amides is 2. The largest absolute Gasteiger partial charge is 0.352 e. The predicted molar refractivity (Wildman–Crippen MR) is 107 cm³/mol. The topological polar surface area (TPSA) is 49.4 Å². The van der Waals surface area contributed by atoms with E-state index >= 15 is 0 Å². The van der Waals surface area contributed by atoms with Crippen LogP contribution in [-0.2, 0) is 11.2 Å². The van der Waals surface area contributed by atoms with E-state index < -0.39 is 0 Å². The minimum atomic E-state index is -0.360. The van der Waals surface area contributed by atoms with Gasteiger partial charge in [0.15, 0.2) is 0 Å². The summed E-state index contributed by atoms with van der Waals surface area (Å²) < 4.78 is 1.04. The van der Waals surface area contributed by atoms with Gasteiger partial charge in [-0.15, -0.1) is 0 Å². The van der Waals surface area contributed by atoms with Gasteiger partial charge >= 0.3 is 0 Å². The van der Waals surface area contributed by atoms with Gasteiger partial charge in [-0.1, -0.05) is 35.0 Å². The van der Waals surface area contributed by atoms with Gasteiger partial charge in [0.25, 0.3) is 5.91 Å². The number of allylic oxidation sites excluding steroid dienone is 1. The fourth-order valence-corrected chi connectivity index (χ4v) is 4.25. The van der Waals surface area contributed by atoms with E-state index in [1.165, 1.54) is 0 Å². The van der Waals surface area contributed by atoms with E-state index in [1.807, 2.05) is 43.1 Å². The van der Waals surface area contributed by atoms with Crippen LogP contribution in [0.15, 0.2) is 34.8 Å². The number of nitrogens with zero attached hydrogens (tertiary/aromatic N) is 1. The van der Waals surface area contributed by atoms with Crippen LogP contribution in [0.5, 0.6) is 0 Å². The molecular weight excluding hydrogens is 392 g/mol. The second-order valence-electron chi connectivity index (χ2n) is 7.73. The van der Waals surface area contributed by atoms with Crippen LogP contribution in [0, 0.1) is 5.41 Å². The van der Waals surface area contributed by atoms with Gasteiger partial charge in [-0.05, 0) is 62.8 Å². The van der Waals surface area contributed by atoms with Crippen LogP contribution in [-0.4, -0.2) is 35.8 Å². The predicted octanol–water partition coefficient (Wildman–Crippen LogP) is 4.09. The van der Waals surface area contributed by atoms with Crippen LogP contribution in [0.4, 0.5) is 0 Å². The lowest BCUT2D eigenvalue weighted by molar-refractivity contribution is -0.129. The molecule has 3 rings (SSSR count). The lowest BCUT2D eigenvalue weighted by atomic mass is 9.83. The third-order valence-electron chi connectivity index (χ3n) is 5.82. The molecule has 0 aromatic heterocycles. The molecule has 1 N–H and O–H groups in total. The molecule has 140 valence electrons. The van der Waals surface area contributed by atoms with Crippen LogP contribution in [0.25, 0.3) is 0 Å². The molecule has 2 aliphatic rings. The fraction of sp³-hybridized carbons (Fsp3) is 0.524. The third-order valence-corrected chi connectivity index (χ3v) is 6.60. The van der Waals surface area contributed by atoms with Crippen molar-refractivity contribution in [3.63, 3.8) is 0 Å². The minimum absolute atomic E-state index is 0.0488. The monoisotopic (exact) mass is 418 g/mol. The third kappa shape index (κ3) is 3.73. The van der Waals surface area contributed by atoms with Crippen molar-refractivity contribution in [3.05, 3.63) is 46.0 Å². The number of carbonyl (C=O) groups excluding carboxylic acids is 2. The molecule has 26 heavy (non-hydrogen) atoms. The van der Waals surface area contributed by atoms with Crippen molar-refractivity contribution in [1.29, 1.82) is 0 Å². The zero-order valence-corrected chi connectivity index (χ0v) is 17.3. The molecule has 2 aliphatic carbocycles. The molecule has 0 aliphatic heterocycles. The van der Waals surface area contributed by atoms with Gasteiger partial charge in [0.1, 0.15) is 0 Å². The summed E-state index contributed by atoms with van der Waals surface area (Å²) in [4.78, 5) is 27.0. The van der Waals surface area contributed by atoms with Gasteiger partial charge in [0.2, 0.25) is 5.91 Å². The van der Waals surface area contributed by atoms with Crippen LogP contribution in [0.1, 0.15) is 55.5 Å². The second-order valence-corrected chi connectivity index (χ2v) is 8.58. The number of benzene rings is 1. The van der Waals surface area contributed by atoms with Gasteiger partial charge in [0, 0.05) is 29.2 Å². The molecule has 1 aromatic rings. The molecule has 1 saturated carbocycles. The minimum Gasteiger partial charge on any atom is -0.352 e. The van der Waals surface area contributed by atoms with E-state index in [1.54, 1.807) is 0 Å². The van der Waals surface area contributed by atoms with Crippen LogP contribution in [0.3, 0.4) is 0 Å². The Hall–Kier alpha value is -1.62. The van der Waals surface area contributed by atoms with E-state index in [0.29, 0.717) is 0 Å². The van der Waals surface area contributed by atoms with Crippen molar-refractivity contribution in [1.82, 2.24) is 10.2 Å². The van der Waals surface area contributed by atoms with E-state index in [2.05, 4.69) is 34.2 Å². The first-order chi connectivity index (χ1) is 12.3. The standard InChI is InChI=1S/C21H27BrN2O2/c1-4-14-11-15(7-8-18(14)22)19(25)24(3)17-12-16(13-17)23-20(26)21(2)9-5-6-10-21/h5,7-9,11,16-17H,4,6,10,12-13H2,1-3H3,(H,23,26). The summed E-state index contributed by atoms with van der Waals surface area (Å²) in [5.41, 5.74) is 1.50. The second kappa shape index (κ2) is 7.55. The lowest BCUT2D eigenvalue weighted by Crippen LogP contribution is -2.56. The summed E-state index contributed by atoms with van der Waals surface area (Å²) >= 11 is 3.52. The van der Waals surface area contributed by atoms with E-state index in [9.17, 15) is 9.59 Å². The number of nitrogens with one attached hydrogen (secondary N) is 1. The molecular formula is C21H27BrN2O2. The molecule has 0 saturated heterocycles. The molecule has 2 amide bonds. The van der Waals surface area contributed by atoms with E-state index in [4.69, 9.17) is 0 Å². The molecule has 5 heteroatoms. The van der Waals surface area contributed by atoms with Crippen LogP contribution < -0.4 is 5.32 Å². The number of aryl methyl sites for hydroxylation is 1. The number of halogens is 1. The first kappa shape index (κ1) is 19.2. The number of hydrogen-bond donors (Lipinski definition) is 1. The molecule has 1 unspecified atom stereocenters. The van der Waals surface area contributed by atoms with Crippen molar-refractivity contribution < 1.29 is 9.59 Å². The van der Waals surface area contributed by atoms with Crippen molar-refractivity contribution in [3.8, 4) is 0 Å². The molecule has 1 fully saturated rings. The van der Waals surface area contributed by atoms with Crippen LogP contribution in [0.2, 0.25) is 0 Å². The molecule has 0 bridgehead atoms. The van der Waals surface area contributed by atoms with E-state index in [-0.39, 0.29) is 29.3 Å². The number of hydrogen-bond acceptors (Lipinski definition) is 2. The summed E-state index contributed by atoms with van der Waals surface area (Å²) in [5.74, 6) is 0.164.